The molecule has 2 rings (SSSR count). The van der Waals surface area contributed by atoms with Gasteiger partial charge in [-0.05, 0) is 23.3 Å². The van der Waals surface area contributed by atoms with Gasteiger partial charge < -0.3 is 4.74 Å². The van der Waals surface area contributed by atoms with E-state index in [1.807, 2.05) is 30.3 Å². The summed E-state index contributed by atoms with van der Waals surface area (Å²) in [6.07, 6.45) is 0.316. The van der Waals surface area contributed by atoms with Crippen LogP contribution < -0.4 is 4.74 Å². The minimum atomic E-state index is 0.316. The van der Waals surface area contributed by atoms with E-state index in [2.05, 4.69) is 0 Å². The van der Waals surface area contributed by atoms with Gasteiger partial charge in [-0.15, -0.1) is 0 Å². The maximum atomic E-state index is 6.07. The monoisotopic (exact) mass is 276 g/mol. The molecule has 18 heavy (non-hydrogen) atoms. The summed E-state index contributed by atoms with van der Waals surface area (Å²) < 4.78 is 5.64. The van der Waals surface area contributed by atoms with Crippen LogP contribution in [0.5, 0.6) is 5.75 Å². The van der Waals surface area contributed by atoms with Gasteiger partial charge in [0.05, 0.1) is 7.85 Å². The number of benzene rings is 2. The third-order valence-corrected chi connectivity index (χ3v) is 3.24. The molecule has 4 heteroatoms. The fraction of sp³-hybridized carbons (Fsp3) is 0.143. The molecule has 0 unspecified atom stereocenters. The SMILES string of the molecule is [B]Cc1c(Cl)cc(OCc2ccccc2)cc1Cl. The van der Waals surface area contributed by atoms with E-state index in [1.54, 1.807) is 12.1 Å². The minimum Gasteiger partial charge on any atom is -0.489 e. The Morgan fingerprint density at radius 1 is 1.00 bits per heavy atom. The molecule has 0 saturated heterocycles. The molecule has 0 bridgehead atoms. The Hall–Kier alpha value is -1.12. The van der Waals surface area contributed by atoms with Crippen LogP contribution in [0.1, 0.15) is 11.1 Å². The summed E-state index contributed by atoms with van der Waals surface area (Å²) >= 11 is 12.1. The zero-order chi connectivity index (χ0) is 13.0. The second-order valence-corrected chi connectivity index (χ2v) is 4.66. The first-order valence-electron chi connectivity index (χ1n) is 5.55. The van der Waals surface area contributed by atoms with Gasteiger partial charge in [-0.2, -0.15) is 0 Å². The number of hydrogen-bond donors (Lipinski definition) is 0. The maximum Gasteiger partial charge on any atom is 0.122 e. The molecule has 0 N–H and O–H groups in total. The van der Waals surface area contributed by atoms with Gasteiger partial charge in [0, 0.05) is 10.0 Å². The van der Waals surface area contributed by atoms with Gasteiger partial charge in [0.1, 0.15) is 12.4 Å². The van der Waals surface area contributed by atoms with Crippen LogP contribution in [-0.2, 0) is 12.9 Å². The van der Waals surface area contributed by atoms with Crippen LogP contribution in [0.15, 0.2) is 42.5 Å². The molecule has 2 radical (unpaired) electrons. The van der Waals surface area contributed by atoms with Crippen LogP contribution >= 0.6 is 23.2 Å². The second-order valence-electron chi connectivity index (χ2n) is 3.84. The molecule has 0 heterocycles. The van der Waals surface area contributed by atoms with Gasteiger partial charge in [0.25, 0.3) is 0 Å². The molecule has 0 saturated carbocycles. The van der Waals surface area contributed by atoms with Crippen LogP contribution in [0.3, 0.4) is 0 Å². The van der Waals surface area contributed by atoms with E-state index in [1.165, 1.54) is 0 Å². The Morgan fingerprint density at radius 2 is 1.61 bits per heavy atom. The summed E-state index contributed by atoms with van der Waals surface area (Å²) in [6, 6.07) is 13.4. The van der Waals surface area contributed by atoms with Crippen LogP contribution in [-0.4, -0.2) is 7.85 Å². The molecule has 0 aromatic heterocycles. The van der Waals surface area contributed by atoms with Crippen molar-refractivity contribution in [1.82, 2.24) is 0 Å². The zero-order valence-electron chi connectivity index (χ0n) is 9.70. The lowest BCUT2D eigenvalue weighted by molar-refractivity contribution is 0.306. The average Bonchev–Trinajstić information content (AvgIpc) is 2.37. The quantitative estimate of drug-likeness (QED) is 0.759. The number of ether oxygens (including phenoxy) is 1. The van der Waals surface area contributed by atoms with E-state index in [0.29, 0.717) is 28.7 Å². The highest BCUT2D eigenvalue weighted by molar-refractivity contribution is 6.37. The predicted molar refractivity (Wildman–Crippen MR) is 76.7 cm³/mol. The largest absolute Gasteiger partial charge is 0.489 e. The van der Waals surface area contributed by atoms with E-state index in [4.69, 9.17) is 35.8 Å². The highest BCUT2D eigenvalue weighted by Crippen LogP contribution is 2.30. The molecule has 2 aromatic carbocycles. The van der Waals surface area contributed by atoms with Crippen LogP contribution in [0, 0.1) is 0 Å². The van der Waals surface area contributed by atoms with Crippen molar-refractivity contribution in [2.45, 2.75) is 12.9 Å². The molecule has 0 amide bonds. The molecule has 0 atom stereocenters. The van der Waals surface area contributed by atoms with Crippen molar-refractivity contribution in [2.75, 3.05) is 0 Å². The number of rotatable bonds is 4. The van der Waals surface area contributed by atoms with Crippen molar-refractivity contribution in [3.05, 3.63) is 63.6 Å². The first-order chi connectivity index (χ1) is 8.70. The highest BCUT2D eigenvalue weighted by Gasteiger charge is 2.07. The van der Waals surface area contributed by atoms with Crippen LogP contribution in [0.25, 0.3) is 0 Å². The van der Waals surface area contributed by atoms with Crippen molar-refractivity contribution in [2.24, 2.45) is 0 Å². The van der Waals surface area contributed by atoms with Gasteiger partial charge in [-0.1, -0.05) is 59.9 Å². The van der Waals surface area contributed by atoms with Gasteiger partial charge in [0.2, 0.25) is 0 Å². The molecular formula is C14H11BCl2O. The Bertz CT molecular complexity index is 506. The maximum absolute atomic E-state index is 6.07. The molecule has 90 valence electrons. The second kappa shape index (κ2) is 6.17. The predicted octanol–water partition coefficient (Wildman–Crippen LogP) is 4.24. The molecule has 0 spiro atoms. The molecule has 0 fully saturated rings. The lowest BCUT2D eigenvalue weighted by Gasteiger charge is -2.10. The van der Waals surface area contributed by atoms with Crippen LogP contribution in [0.4, 0.5) is 0 Å². The third-order valence-electron chi connectivity index (χ3n) is 2.57. The topological polar surface area (TPSA) is 9.23 Å². The van der Waals surface area contributed by atoms with E-state index in [-0.39, 0.29) is 0 Å². The molecule has 0 aliphatic carbocycles. The highest BCUT2D eigenvalue weighted by atomic mass is 35.5. The molecule has 1 nitrogen and oxygen atoms in total. The third kappa shape index (κ3) is 3.21. The van der Waals surface area contributed by atoms with E-state index in [0.717, 1.165) is 11.1 Å². The Kier molecular flexibility index (Phi) is 4.57. The number of hydrogen-bond acceptors (Lipinski definition) is 1. The Labute approximate surface area is 118 Å². The minimum absolute atomic E-state index is 0.316. The Balaban J connectivity index is 2.11. The summed E-state index contributed by atoms with van der Waals surface area (Å²) in [5, 5.41) is 1.07. The van der Waals surface area contributed by atoms with E-state index in [9.17, 15) is 0 Å². The van der Waals surface area contributed by atoms with Crippen molar-refractivity contribution in [1.29, 1.82) is 0 Å². The van der Waals surface area contributed by atoms with E-state index < -0.39 is 0 Å². The van der Waals surface area contributed by atoms with Crippen molar-refractivity contribution in [3.8, 4) is 5.75 Å². The van der Waals surface area contributed by atoms with Gasteiger partial charge in [-0.3, -0.25) is 0 Å². The van der Waals surface area contributed by atoms with Gasteiger partial charge in [0.15, 0.2) is 0 Å². The lowest BCUT2D eigenvalue weighted by atomic mass is 9.97. The molecule has 2 aromatic rings. The Morgan fingerprint density at radius 3 is 2.17 bits per heavy atom. The summed E-state index contributed by atoms with van der Waals surface area (Å²) in [6.45, 7) is 0.482. The van der Waals surface area contributed by atoms with E-state index >= 15 is 0 Å². The summed E-state index contributed by atoms with van der Waals surface area (Å²) in [5.74, 6) is 0.644. The summed E-state index contributed by atoms with van der Waals surface area (Å²) in [4.78, 5) is 0. The fourth-order valence-electron chi connectivity index (χ4n) is 1.60. The zero-order valence-corrected chi connectivity index (χ0v) is 11.2. The summed E-state index contributed by atoms with van der Waals surface area (Å²) in [7, 11) is 5.56. The van der Waals surface area contributed by atoms with Crippen LogP contribution in [0.2, 0.25) is 10.0 Å². The van der Waals surface area contributed by atoms with Gasteiger partial charge >= 0.3 is 0 Å². The smallest absolute Gasteiger partial charge is 0.122 e. The average molecular weight is 277 g/mol. The fourth-order valence-corrected chi connectivity index (χ4v) is 2.22. The normalized spacial score (nSPS) is 10.3. The molecular weight excluding hydrogens is 266 g/mol. The van der Waals surface area contributed by atoms with Gasteiger partial charge in [-0.25, -0.2) is 0 Å². The lowest BCUT2D eigenvalue weighted by Crippen LogP contribution is -1.96. The summed E-state index contributed by atoms with van der Waals surface area (Å²) in [5.41, 5.74) is 1.83. The molecule has 0 aliphatic heterocycles. The van der Waals surface area contributed by atoms with Crippen molar-refractivity contribution in [3.63, 3.8) is 0 Å². The number of halogens is 2. The molecule has 0 aliphatic rings. The van der Waals surface area contributed by atoms with Crippen molar-refractivity contribution >= 4 is 31.0 Å². The first kappa shape index (κ1) is 13.3. The standard InChI is InChI=1S/C14H11BCl2O/c15-8-12-13(16)6-11(7-14(12)17)18-9-10-4-2-1-3-5-10/h1-7H,8-9H2. The van der Waals surface area contributed by atoms with Crippen molar-refractivity contribution < 1.29 is 4.74 Å². The first-order valence-corrected chi connectivity index (χ1v) is 6.31.